The summed E-state index contributed by atoms with van der Waals surface area (Å²) >= 11 is 0. The maximum atomic E-state index is 13.4. The van der Waals surface area contributed by atoms with Crippen LogP contribution in [0.3, 0.4) is 0 Å². The van der Waals surface area contributed by atoms with Crippen LogP contribution in [0.2, 0.25) is 0 Å². The number of hydrogen-bond donors (Lipinski definition) is 3. The van der Waals surface area contributed by atoms with Crippen molar-refractivity contribution in [2.24, 2.45) is 11.8 Å². The molecule has 2 aromatic heterocycles. The summed E-state index contributed by atoms with van der Waals surface area (Å²) in [4.78, 5) is 34.2. The van der Waals surface area contributed by atoms with Gasteiger partial charge in [-0.05, 0) is 49.3 Å². The average molecular weight is 364 g/mol. The van der Waals surface area contributed by atoms with Crippen molar-refractivity contribution in [2.75, 3.05) is 11.1 Å². The van der Waals surface area contributed by atoms with Gasteiger partial charge in [-0.25, -0.2) is 9.97 Å². The Hall–Kier alpha value is -3.16. The lowest BCUT2D eigenvalue weighted by Gasteiger charge is -2.37. The van der Waals surface area contributed by atoms with Gasteiger partial charge in [0.1, 0.15) is 35.0 Å². The largest absolute Gasteiger partial charge is 0.384 e. The van der Waals surface area contributed by atoms with Gasteiger partial charge in [-0.2, -0.15) is 0 Å². The van der Waals surface area contributed by atoms with Crippen LogP contribution >= 0.6 is 0 Å². The summed E-state index contributed by atoms with van der Waals surface area (Å²) in [6.45, 7) is 6.10. The molecule has 8 nitrogen and oxygen atoms in total. The van der Waals surface area contributed by atoms with E-state index in [1.807, 2.05) is 6.92 Å². The molecule has 2 saturated carbocycles. The molecule has 3 atom stereocenters. The number of nitrogens with two attached hydrogens (primary N) is 1. The molecule has 2 fully saturated rings. The second-order valence-corrected chi connectivity index (χ2v) is 7.64. The van der Waals surface area contributed by atoms with Gasteiger partial charge in [0, 0.05) is 12.0 Å². The summed E-state index contributed by atoms with van der Waals surface area (Å²) in [7, 11) is 0. The van der Waals surface area contributed by atoms with Gasteiger partial charge in [0.25, 0.3) is 11.5 Å². The van der Waals surface area contributed by atoms with Crippen molar-refractivity contribution in [1.82, 2.24) is 19.9 Å². The van der Waals surface area contributed by atoms with E-state index >= 15 is 0 Å². The molecule has 3 aliphatic rings. The molecule has 3 unspecified atom stereocenters. The number of nitrogens with one attached hydrogen (secondary N) is 2. The van der Waals surface area contributed by atoms with Crippen LogP contribution in [0, 0.1) is 18.8 Å². The van der Waals surface area contributed by atoms with Crippen LogP contribution in [-0.4, -0.2) is 20.4 Å². The van der Waals surface area contributed by atoms with E-state index in [1.54, 1.807) is 16.7 Å². The first-order valence-electron chi connectivity index (χ1n) is 9.05. The zero-order valence-corrected chi connectivity index (χ0v) is 15.0. The zero-order valence-electron chi connectivity index (χ0n) is 15.0. The molecule has 4 N–H and O–H groups in total. The highest BCUT2D eigenvalue weighted by atomic mass is 16.2. The molecule has 1 aliphatic heterocycles. The highest BCUT2D eigenvalue weighted by Gasteiger charge is 2.60. The molecule has 2 bridgehead atoms. The fourth-order valence-electron chi connectivity index (χ4n) is 5.08. The fraction of sp³-hybridized carbons (Fsp3) is 0.368. The molecule has 138 valence electrons. The van der Waals surface area contributed by atoms with Crippen LogP contribution in [0.15, 0.2) is 35.4 Å². The predicted molar refractivity (Wildman–Crippen MR) is 101 cm³/mol. The van der Waals surface area contributed by atoms with Crippen LogP contribution in [0.4, 0.5) is 17.3 Å². The molecule has 0 aromatic carbocycles. The molecular formula is C19H20N6O2. The first-order chi connectivity index (χ1) is 12.9. The maximum absolute atomic E-state index is 13.4. The maximum Gasteiger partial charge on any atom is 0.277 e. The van der Waals surface area contributed by atoms with Crippen molar-refractivity contribution < 1.29 is 4.79 Å². The Kier molecular flexibility index (Phi) is 3.08. The Morgan fingerprint density at radius 3 is 2.85 bits per heavy atom. The van der Waals surface area contributed by atoms with Crippen molar-refractivity contribution in [3.63, 3.8) is 0 Å². The zero-order chi connectivity index (χ0) is 18.9. The normalized spacial score (nSPS) is 27.9. The van der Waals surface area contributed by atoms with Gasteiger partial charge in [0.15, 0.2) is 0 Å². The van der Waals surface area contributed by atoms with Crippen molar-refractivity contribution in [1.29, 1.82) is 0 Å². The monoisotopic (exact) mass is 364 g/mol. The van der Waals surface area contributed by atoms with Crippen LogP contribution in [-0.2, 0) is 5.66 Å². The Morgan fingerprint density at radius 1 is 1.33 bits per heavy atom. The van der Waals surface area contributed by atoms with Gasteiger partial charge in [0.2, 0.25) is 0 Å². The molecule has 0 saturated heterocycles. The Bertz CT molecular complexity index is 1070. The standard InChI is InChI=1S/C19H20N6O2/c1-9-5-13(23-15-7-14(20)21-8-22-15)18(27)25-16(9)17(26)24-19(25)10(2)11-3-4-12(19)6-11/h5,7-8,11-12H,2-4,6H2,1H3,(H,24,26)(H3,20,21,22,23). The van der Waals surface area contributed by atoms with Crippen molar-refractivity contribution in [2.45, 2.75) is 31.8 Å². The first-order valence-corrected chi connectivity index (χ1v) is 9.05. The van der Waals surface area contributed by atoms with E-state index in [2.05, 4.69) is 27.2 Å². The molecule has 2 aromatic rings. The van der Waals surface area contributed by atoms with E-state index in [9.17, 15) is 9.59 Å². The van der Waals surface area contributed by atoms with E-state index < -0.39 is 5.66 Å². The van der Waals surface area contributed by atoms with Crippen molar-refractivity contribution in [3.05, 3.63) is 52.2 Å². The highest BCUT2D eigenvalue weighted by Crippen LogP contribution is 2.57. The van der Waals surface area contributed by atoms with E-state index in [1.165, 1.54) is 6.33 Å². The van der Waals surface area contributed by atoms with Gasteiger partial charge in [0.05, 0.1) is 0 Å². The molecule has 3 heterocycles. The van der Waals surface area contributed by atoms with Crippen LogP contribution in [0.5, 0.6) is 0 Å². The second-order valence-electron chi connectivity index (χ2n) is 7.64. The number of carbonyl (C=O) groups is 1. The number of hydrogen-bond acceptors (Lipinski definition) is 6. The number of pyridine rings is 1. The second kappa shape index (κ2) is 5.18. The van der Waals surface area contributed by atoms with Gasteiger partial charge < -0.3 is 16.4 Å². The third-order valence-electron chi connectivity index (χ3n) is 6.22. The fourth-order valence-corrected chi connectivity index (χ4v) is 5.08. The highest BCUT2D eigenvalue weighted by molar-refractivity contribution is 5.97. The Morgan fingerprint density at radius 2 is 2.15 bits per heavy atom. The number of amides is 1. The average Bonchev–Trinajstić information content (AvgIpc) is 3.28. The van der Waals surface area contributed by atoms with Crippen molar-refractivity contribution in [3.8, 4) is 0 Å². The number of nitrogen functional groups attached to an aromatic ring is 1. The van der Waals surface area contributed by atoms with E-state index in [0.29, 0.717) is 28.9 Å². The first kappa shape index (κ1) is 16.0. The molecule has 8 heteroatoms. The number of rotatable bonds is 2. The minimum absolute atomic E-state index is 0.197. The smallest absolute Gasteiger partial charge is 0.277 e. The topological polar surface area (TPSA) is 115 Å². The molecule has 1 amide bonds. The van der Waals surface area contributed by atoms with E-state index in [-0.39, 0.29) is 17.4 Å². The summed E-state index contributed by atoms with van der Waals surface area (Å²) < 4.78 is 1.63. The molecule has 0 radical (unpaired) electrons. The van der Waals surface area contributed by atoms with Crippen LogP contribution < -0.4 is 21.9 Å². The predicted octanol–water partition coefficient (Wildman–Crippen LogP) is 1.65. The summed E-state index contributed by atoms with van der Waals surface area (Å²) in [5.74, 6) is 1.07. The Labute approximate surface area is 155 Å². The minimum atomic E-state index is -0.806. The summed E-state index contributed by atoms with van der Waals surface area (Å²) in [5, 5.41) is 6.14. The molecule has 27 heavy (non-hydrogen) atoms. The lowest BCUT2D eigenvalue weighted by molar-refractivity contribution is 0.0903. The SMILES string of the molecule is C=C1C2CCC(C2)C12NC(=O)c1c(C)cc(Nc3cc(N)ncn3)c(=O)n12. The molecule has 2 aliphatic carbocycles. The summed E-state index contributed by atoms with van der Waals surface area (Å²) in [6.07, 6.45) is 4.35. The van der Waals surface area contributed by atoms with Crippen molar-refractivity contribution >= 4 is 23.2 Å². The van der Waals surface area contributed by atoms with Gasteiger partial charge in [-0.3, -0.25) is 14.2 Å². The van der Waals surface area contributed by atoms with Gasteiger partial charge in [-0.15, -0.1) is 0 Å². The van der Waals surface area contributed by atoms with E-state index in [4.69, 9.17) is 5.73 Å². The molecular weight excluding hydrogens is 344 g/mol. The third-order valence-corrected chi connectivity index (χ3v) is 6.22. The number of carbonyl (C=O) groups excluding carboxylic acids is 1. The van der Waals surface area contributed by atoms with E-state index in [0.717, 1.165) is 30.4 Å². The van der Waals surface area contributed by atoms with Crippen LogP contribution in [0.1, 0.15) is 35.3 Å². The summed E-state index contributed by atoms with van der Waals surface area (Å²) in [6, 6.07) is 3.24. The lowest BCUT2D eigenvalue weighted by atomic mass is 9.84. The molecule has 1 spiro atoms. The number of aromatic nitrogens is 3. The minimum Gasteiger partial charge on any atom is -0.384 e. The molecule has 5 rings (SSSR count). The van der Waals surface area contributed by atoms with Crippen LogP contribution in [0.25, 0.3) is 0 Å². The number of aryl methyl sites for hydroxylation is 1. The number of anilines is 3. The number of nitrogens with zero attached hydrogens (tertiary/aromatic N) is 3. The summed E-state index contributed by atoms with van der Waals surface area (Å²) in [5.41, 5.74) is 7.06. The number of fused-ring (bicyclic) bond motifs is 5. The Balaban J connectivity index is 1.70. The van der Waals surface area contributed by atoms with Gasteiger partial charge >= 0.3 is 0 Å². The lowest BCUT2D eigenvalue weighted by Crippen LogP contribution is -2.52. The van der Waals surface area contributed by atoms with Gasteiger partial charge in [-0.1, -0.05) is 6.58 Å². The quantitative estimate of drug-likeness (QED) is 0.698. The third kappa shape index (κ3) is 1.98.